The van der Waals surface area contributed by atoms with Gasteiger partial charge in [-0.05, 0) is 24.8 Å². The molecule has 0 fully saturated rings. The molecule has 7 heteroatoms. The molecule has 3 unspecified atom stereocenters. The highest BCUT2D eigenvalue weighted by atomic mass is 31.1. The minimum Gasteiger partial charge on any atom is -0.481 e. The molecule has 0 saturated carbocycles. The summed E-state index contributed by atoms with van der Waals surface area (Å²) >= 11 is 0. The summed E-state index contributed by atoms with van der Waals surface area (Å²) in [6.45, 7) is 1.92. The Bertz CT molecular complexity index is 531. The van der Waals surface area contributed by atoms with Crippen LogP contribution in [0, 0.1) is 5.92 Å². The van der Waals surface area contributed by atoms with Gasteiger partial charge in [0.2, 0.25) is 0 Å². The summed E-state index contributed by atoms with van der Waals surface area (Å²) in [4.78, 5) is 21.7. The summed E-state index contributed by atoms with van der Waals surface area (Å²) in [7, 11) is -2.53. The smallest absolute Gasteiger partial charge is 0.307 e. The van der Waals surface area contributed by atoms with Gasteiger partial charge >= 0.3 is 11.9 Å². The molecule has 0 heterocycles. The van der Waals surface area contributed by atoms with E-state index in [1.54, 1.807) is 0 Å². The first kappa shape index (κ1) is 19.4. The number of carboxylic acids is 2. The summed E-state index contributed by atoms with van der Waals surface area (Å²) in [5, 5.41) is 17.7. The van der Waals surface area contributed by atoms with Crippen LogP contribution in [0.3, 0.4) is 0 Å². The average Bonchev–Trinajstić information content (AvgIpc) is 2.51. The molecule has 2 N–H and O–H groups in total. The quantitative estimate of drug-likeness (QED) is 0.599. The number of rotatable bonds is 11. The van der Waals surface area contributed by atoms with Crippen LogP contribution in [-0.2, 0) is 25.1 Å². The van der Waals surface area contributed by atoms with E-state index in [1.807, 2.05) is 37.3 Å². The van der Waals surface area contributed by atoms with Crippen molar-refractivity contribution in [3.63, 3.8) is 0 Å². The normalized spacial score (nSPS) is 14.8. The Balaban J connectivity index is 2.54. The van der Waals surface area contributed by atoms with Crippen LogP contribution >= 0.6 is 8.03 Å². The van der Waals surface area contributed by atoms with E-state index in [4.69, 9.17) is 14.7 Å². The third-order valence-corrected chi connectivity index (χ3v) is 4.95. The summed E-state index contributed by atoms with van der Waals surface area (Å²) in [5.41, 5.74) is 1.06. The molecule has 0 aromatic heterocycles. The van der Waals surface area contributed by atoms with Crippen LogP contribution in [0.4, 0.5) is 0 Å². The van der Waals surface area contributed by atoms with E-state index in [2.05, 4.69) is 0 Å². The molecule has 0 aliphatic carbocycles. The Hall–Kier alpha value is -1.65. The molecule has 0 amide bonds. The van der Waals surface area contributed by atoms with Gasteiger partial charge in [-0.25, -0.2) is 0 Å². The predicted molar refractivity (Wildman–Crippen MR) is 87.2 cm³/mol. The third kappa shape index (κ3) is 7.95. The predicted octanol–water partition coefficient (Wildman–Crippen LogP) is 3.06. The summed E-state index contributed by atoms with van der Waals surface area (Å²) in [6.07, 6.45) is 0.614. The summed E-state index contributed by atoms with van der Waals surface area (Å²) in [6, 6.07) is 9.65. The van der Waals surface area contributed by atoms with Crippen molar-refractivity contribution in [1.82, 2.24) is 0 Å². The zero-order valence-corrected chi connectivity index (χ0v) is 14.1. The molecule has 0 spiro atoms. The lowest BCUT2D eigenvalue weighted by Crippen LogP contribution is -2.19. The van der Waals surface area contributed by atoms with Crippen molar-refractivity contribution in [2.75, 3.05) is 6.16 Å². The second kappa shape index (κ2) is 10.2. The van der Waals surface area contributed by atoms with E-state index < -0.39 is 25.9 Å². The van der Waals surface area contributed by atoms with Gasteiger partial charge in [0.15, 0.2) is 8.03 Å². The third-order valence-electron chi connectivity index (χ3n) is 3.53. The van der Waals surface area contributed by atoms with Crippen molar-refractivity contribution in [2.24, 2.45) is 5.92 Å². The summed E-state index contributed by atoms with van der Waals surface area (Å²) < 4.78 is 17.6. The van der Waals surface area contributed by atoms with E-state index in [0.29, 0.717) is 12.8 Å². The van der Waals surface area contributed by atoms with Gasteiger partial charge in [-0.15, -0.1) is 0 Å². The maximum atomic E-state index is 12.1. The number of hydrogen-bond donors (Lipinski definition) is 2. The number of hydrogen-bond acceptors (Lipinski definition) is 4. The van der Waals surface area contributed by atoms with Crippen molar-refractivity contribution in [3.05, 3.63) is 35.9 Å². The second-order valence-electron chi connectivity index (χ2n) is 5.38. The molecule has 1 aromatic carbocycles. The summed E-state index contributed by atoms with van der Waals surface area (Å²) in [5.74, 6) is -3.15. The average molecular weight is 342 g/mol. The lowest BCUT2D eigenvalue weighted by molar-refractivity contribution is -0.142. The minimum atomic E-state index is -2.53. The van der Waals surface area contributed by atoms with Crippen LogP contribution < -0.4 is 0 Å². The van der Waals surface area contributed by atoms with Gasteiger partial charge in [0, 0.05) is 12.6 Å². The Labute approximate surface area is 136 Å². The molecule has 3 atom stereocenters. The highest BCUT2D eigenvalue weighted by Gasteiger charge is 2.23. The molecule has 1 aromatic rings. The lowest BCUT2D eigenvalue weighted by Gasteiger charge is -2.18. The van der Waals surface area contributed by atoms with Gasteiger partial charge in [0.1, 0.15) is 0 Å². The molecule has 23 heavy (non-hydrogen) atoms. The minimum absolute atomic E-state index is 0.0418. The van der Waals surface area contributed by atoms with Gasteiger partial charge < -0.3 is 14.7 Å². The van der Waals surface area contributed by atoms with Gasteiger partial charge in [0.05, 0.1) is 12.0 Å². The number of aliphatic carboxylic acids is 2. The van der Waals surface area contributed by atoms with Crippen molar-refractivity contribution >= 4 is 20.0 Å². The topological polar surface area (TPSA) is 101 Å². The Morgan fingerprint density at radius 2 is 1.87 bits per heavy atom. The highest BCUT2D eigenvalue weighted by molar-refractivity contribution is 7.39. The maximum absolute atomic E-state index is 12.1. The van der Waals surface area contributed by atoms with Crippen LogP contribution in [0.2, 0.25) is 0 Å². The van der Waals surface area contributed by atoms with Crippen LogP contribution in [0.15, 0.2) is 30.3 Å². The van der Waals surface area contributed by atoms with Crippen LogP contribution in [0.5, 0.6) is 0 Å². The monoisotopic (exact) mass is 342 g/mol. The Kier molecular flexibility index (Phi) is 8.59. The van der Waals surface area contributed by atoms with E-state index in [-0.39, 0.29) is 25.1 Å². The molecule has 6 nitrogen and oxygen atoms in total. The van der Waals surface area contributed by atoms with E-state index in [1.165, 1.54) is 0 Å². The van der Waals surface area contributed by atoms with Gasteiger partial charge in [0.25, 0.3) is 0 Å². The van der Waals surface area contributed by atoms with Crippen molar-refractivity contribution in [1.29, 1.82) is 0 Å². The molecule has 0 aliphatic rings. The van der Waals surface area contributed by atoms with Crippen molar-refractivity contribution in [3.8, 4) is 0 Å². The first-order valence-electron chi connectivity index (χ1n) is 7.60. The second-order valence-corrected chi connectivity index (χ2v) is 6.77. The van der Waals surface area contributed by atoms with E-state index in [9.17, 15) is 14.2 Å². The SMILES string of the molecule is CCC(Cc1ccccc1)O[PH](=O)CC(CCC(=O)O)C(=O)O. The van der Waals surface area contributed by atoms with Crippen molar-refractivity contribution < 1.29 is 28.9 Å². The molecule has 1 rings (SSSR count). The first-order chi connectivity index (χ1) is 10.9. The van der Waals surface area contributed by atoms with Crippen LogP contribution in [0.25, 0.3) is 0 Å². The highest BCUT2D eigenvalue weighted by Crippen LogP contribution is 2.31. The molecule has 0 saturated heterocycles. The van der Waals surface area contributed by atoms with Crippen molar-refractivity contribution in [2.45, 2.75) is 38.7 Å². The largest absolute Gasteiger partial charge is 0.481 e. The van der Waals surface area contributed by atoms with Gasteiger partial charge in [-0.2, -0.15) is 0 Å². The number of benzene rings is 1. The Morgan fingerprint density at radius 3 is 2.39 bits per heavy atom. The molecular weight excluding hydrogens is 319 g/mol. The molecule has 0 aliphatic heterocycles. The maximum Gasteiger partial charge on any atom is 0.307 e. The number of carbonyl (C=O) groups is 2. The fourth-order valence-corrected chi connectivity index (χ4v) is 3.69. The zero-order chi connectivity index (χ0) is 17.2. The molecule has 0 bridgehead atoms. The zero-order valence-electron chi connectivity index (χ0n) is 13.1. The standard InChI is InChI=1S/C16H23O6P/c1-2-14(10-12-6-4-3-5-7-12)22-23(21)11-13(16(19)20)8-9-15(17)18/h3-7,13-14,23H,2,8-11H2,1H3,(H,17,18)(H,19,20). The van der Waals surface area contributed by atoms with Crippen LogP contribution in [-0.4, -0.2) is 34.4 Å². The van der Waals surface area contributed by atoms with Crippen LogP contribution in [0.1, 0.15) is 31.7 Å². The Morgan fingerprint density at radius 1 is 1.22 bits per heavy atom. The fraction of sp³-hybridized carbons (Fsp3) is 0.500. The molecular formula is C16H23O6P. The lowest BCUT2D eigenvalue weighted by atomic mass is 10.1. The van der Waals surface area contributed by atoms with Gasteiger partial charge in [-0.3, -0.25) is 14.2 Å². The molecule has 128 valence electrons. The molecule has 0 radical (unpaired) electrons. The van der Waals surface area contributed by atoms with E-state index in [0.717, 1.165) is 5.56 Å². The van der Waals surface area contributed by atoms with E-state index >= 15 is 0 Å². The first-order valence-corrected chi connectivity index (χ1v) is 9.12. The van der Waals surface area contributed by atoms with Gasteiger partial charge in [-0.1, -0.05) is 37.3 Å². The fourth-order valence-electron chi connectivity index (χ4n) is 2.19. The number of carboxylic acid groups (broad SMARTS) is 2.